The zero-order valence-electron chi connectivity index (χ0n) is 11.5. The van der Waals surface area contributed by atoms with E-state index in [1.165, 1.54) is 0 Å². The SMILES string of the molecule is CC(Cn1cccn1)NC1CCC2(CC1)OCCO2. The number of hydrogen-bond acceptors (Lipinski definition) is 4. The second-order valence-corrected chi connectivity index (χ2v) is 5.68. The maximum atomic E-state index is 5.76. The predicted octanol–water partition coefficient (Wildman–Crippen LogP) is 1.55. The smallest absolute Gasteiger partial charge is 0.168 e. The van der Waals surface area contributed by atoms with E-state index >= 15 is 0 Å². The van der Waals surface area contributed by atoms with E-state index in [2.05, 4.69) is 17.3 Å². The summed E-state index contributed by atoms with van der Waals surface area (Å²) in [6, 6.07) is 2.97. The Bertz CT molecular complexity index is 377. The lowest BCUT2D eigenvalue weighted by molar-refractivity contribution is -0.179. The zero-order valence-corrected chi connectivity index (χ0v) is 11.5. The maximum Gasteiger partial charge on any atom is 0.168 e. The fourth-order valence-corrected chi connectivity index (χ4v) is 3.15. The third-order valence-corrected chi connectivity index (χ3v) is 4.10. The van der Waals surface area contributed by atoms with Crippen molar-refractivity contribution in [1.82, 2.24) is 15.1 Å². The molecule has 3 rings (SSSR count). The number of nitrogens with zero attached hydrogens (tertiary/aromatic N) is 2. The van der Waals surface area contributed by atoms with Gasteiger partial charge in [-0.15, -0.1) is 0 Å². The molecule has 106 valence electrons. The van der Waals surface area contributed by atoms with Crippen molar-refractivity contribution >= 4 is 0 Å². The van der Waals surface area contributed by atoms with Gasteiger partial charge in [0.1, 0.15) is 0 Å². The van der Waals surface area contributed by atoms with E-state index in [1.54, 1.807) is 0 Å². The molecule has 1 atom stereocenters. The maximum absolute atomic E-state index is 5.76. The van der Waals surface area contributed by atoms with E-state index in [0.717, 1.165) is 45.4 Å². The normalized spacial score (nSPS) is 24.9. The summed E-state index contributed by atoms with van der Waals surface area (Å²) in [5.41, 5.74) is 0. The predicted molar refractivity (Wildman–Crippen MR) is 71.7 cm³/mol. The fraction of sp³-hybridized carbons (Fsp3) is 0.786. The van der Waals surface area contributed by atoms with Gasteiger partial charge in [0, 0.05) is 37.3 Å². The van der Waals surface area contributed by atoms with E-state index < -0.39 is 0 Å². The minimum atomic E-state index is -0.247. The lowest BCUT2D eigenvalue weighted by Gasteiger charge is -2.36. The molecule has 0 radical (unpaired) electrons. The van der Waals surface area contributed by atoms with Crippen LogP contribution in [-0.4, -0.2) is 40.9 Å². The third kappa shape index (κ3) is 3.16. The molecule has 19 heavy (non-hydrogen) atoms. The molecule has 2 heterocycles. The van der Waals surface area contributed by atoms with Crippen LogP contribution >= 0.6 is 0 Å². The largest absolute Gasteiger partial charge is 0.348 e. The van der Waals surface area contributed by atoms with Crippen molar-refractivity contribution in [3.8, 4) is 0 Å². The molecule has 5 nitrogen and oxygen atoms in total. The average Bonchev–Trinajstić information content (AvgIpc) is 3.05. The fourth-order valence-electron chi connectivity index (χ4n) is 3.15. The Morgan fingerprint density at radius 2 is 2.11 bits per heavy atom. The van der Waals surface area contributed by atoms with Gasteiger partial charge in [-0.25, -0.2) is 0 Å². The van der Waals surface area contributed by atoms with Gasteiger partial charge in [0.05, 0.1) is 19.8 Å². The van der Waals surface area contributed by atoms with Gasteiger partial charge in [0.2, 0.25) is 0 Å². The molecular weight excluding hydrogens is 242 g/mol. The van der Waals surface area contributed by atoms with Crippen molar-refractivity contribution in [2.45, 2.75) is 57.0 Å². The van der Waals surface area contributed by atoms with Crippen LogP contribution in [-0.2, 0) is 16.0 Å². The molecule has 2 fully saturated rings. The number of hydrogen-bond donors (Lipinski definition) is 1. The van der Waals surface area contributed by atoms with Crippen LogP contribution in [0.5, 0.6) is 0 Å². The topological polar surface area (TPSA) is 48.3 Å². The van der Waals surface area contributed by atoms with Crippen LogP contribution in [0, 0.1) is 0 Å². The molecule has 1 aromatic heterocycles. The Balaban J connectivity index is 1.44. The lowest BCUT2D eigenvalue weighted by atomic mass is 9.89. The summed E-state index contributed by atoms with van der Waals surface area (Å²) in [6.45, 7) is 4.65. The first kappa shape index (κ1) is 13.1. The Morgan fingerprint density at radius 1 is 1.37 bits per heavy atom. The molecule has 1 spiro atoms. The van der Waals surface area contributed by atoms with Crippen molar-refractivity contribution in [1.29, 1.82) is 0 Å². The van der Waals surface area contributed by atoms with E-state index in [0.29, 0.717) is 12.1 Å². The van der Waals surface area contributed by atoms with Gasteiger partial charge in [-0.05, 0) is 25.8 Å². The van der Waals surface area contributed by atoms with Crippen LogP contribution in [0.3, 0.4) is 0 Å². The number of aromatic nitrogens is 2. The molecule has 1 aromatic rings. The van der Waals surface area contributed by atoms with Gasteiger partial charge < -0.3 is 14.8 Å². The molecule has 1 aliphatic heterocycles. The quantitative estimate of drug-likeness (QED) is 0.897. The molecule has 2 aliphatic rings. The summed E-state index contributed by atoms with van der Waals surface area (Å²) in [4.78, 5) is 0. The van der Waals surface area contributed by atoms with Crippen molar-refractivity contribution < 1.29 is 9.47 Å². The van der Waals surface area contributed by atoms with Gasteiger partial charge in [-0.1, -0.05) is 0 Å². The molecular formula is C14H23N3O2. The van der Waals surface area contributed by atoms with E-state index in [4.69, 9.17) is 9.47 Å². The highest BCUT2D eigenvalue weighted by Gasteiger charge is 2.40. The molecule has 0 amide bonds. The summed E-state index contributed by atoms with van der Waals surface area (Å²) < 4.78 is 13.5. The number of nitrogens with one attached hydrogen (secondary N) is 1. The van der Waals surface area contributed by atoms with Crippen LogP contribution < -0.4 is 5.32 Å². The number of rotatable bonds is 4. The van der Waals surface area contributed by atoms with Gasteiger partial charge in [0.15, 0.2) is 5.79 Å². The molecule has 0 aromatic carbocycles. The van der Waals surface area contributed by atoms with Gasteiger partial charge in [0.25, 0.3) is 0 Å². The van der Waals surface area contributed by atoms with Gasteiger partial charge in [-0.2, -0.15) is 5.10 Å². The van der Waals surface area contributed by atoms with Crippen LogP contribution in [0.2, 0.25) is 0 Å². The van der Waals surface area contributed by atoms with Crippen molar-refractivity contribution in [2.75, 3.05) is 13.2 Å². The highest BCUT2D eigenvalue weighted by atomic mass is 16.7. The summed E-state index contributed by atoms with van der Waals surface area (Å²) in [7, 11) is 0. The van der Waals surface area contributed by atoms with Gasteiger partial charge in [-0.3, -0.25) is 4.68 Å². The van der Waals surface area contributed by atoms with E-state index in [9.17, 15) is 0 Å². The Kier molecular flexibility index (Phi) is 3.86. The van der Waals surface area contributed by atoms with E-state index in [1.807, 2.05) is 23.1 Å². The van der Waals surface area contributed by atoms with Crippen LogP contribution in [0.15, 0.2) is 18.5 Å². The monoisotopic (exact) mass is 265 g/mol. The second kappa shape index (κ2) is 5.61. The van der Waals surface area contributed by atoms with Crippen LogP contribution in [0.1, 0.15) is 32.6 Å². The van der Waals surface area contributed by atoms with E-state index in [-0.39, 0.29) is 5.79 Å². The van der Waals surface area contributed by atoms with Gasteiger partial charge >= 0.3 is 0 Å². The molecule has 5 heteroatoms. The zero-order chi connectivity index (χ0) is 13.1. The molecule has 1 saturated heterocycles. The Hall–Kier alpha value is -0.910. The summed E-state index contributed by atoms with van der Waals surface area (Å²) in [5, 5.41) is 7.94. The highest BCUT2D eigenvalue weighted by Crippen LogP contribution is 2.35. The second-order valence-electron chi connectivity index (χ2n) is 5.68. The van der Waals surface area contributed by atoms with Crippen LogP contribution in [0.25, 0.3) is 0 Å². The molecule has 1 saturated carbocycles. The minimum absolute atomic E-state index is 0.247. The van der Waals surface area contributed by atoms with Crippen LogP contribution in [0.4, 0.5) is 0 Å². The first-order valence-electron chi connectivity index (χ1n) is 7.27. The first-order chi connectivity index (χ1) is 9.26. The summed E-state index contributed by atoms with van der Waals surface area (Å²) >= 11 is 0. The Morgan fingerprint density at radius 3 is 2.74 bits per heavy atom. The molecule has 1 unspecified atom stereocenters. The first-order valence-corrected chi connectivity index (χ1v) is 7.27. The minimum Gasteiger partial charge on any atom is -0.348 e. The highest BCUT2D eigenvalue weighted by molar-refractivity contribution is 4.87. The third-order valence-electron chi connectivity index (χ3n) is 4.10. The summed E-state index contributed by atoms with van der Waals surface area (Å²) in [5.74, 6) is -0.247. The van der Waals surface area contributed by atoms with Crippen molar-refractivity contribution in [3.63, 3.8) is 0 Å². The average molecular weight is 265 g/mol. The van der Waals surface area contributed by atoms with Crippen molar-refractivity contribution in [3.05, 3.63) is 18.5 Å². The molecule has 1 aliphatic carbocycles. The lowest BCUT2D eigenvalue weighted by Crippen LogP contribution is -2.45. The van der Waals surface area contributed by atoms with Crippen molar-refractivity contribution in [2.24, 2.45) is 0 Å². The molecule has 0 bridgehead atoms. The Labute approximate surface area is 114 Å². The molecule has 1 N–H and O–H groups in total. The number of ether oxygens (including phenoxy) is 2. The standard InChI is InChI=1S/C14H23N3O2/c1-12(11-17-8-2-7-15-17)16-13-3-5-14(6-4-13)18-9-10-19-14/h2,7-8,12-13,16H,3-6,9-11H2,1H3. The summed E-state index contributed by atoms with van der Waals surface area (Å²) in [6.07, 6.45) is 8.12.